The van der Waals surface area contributed by atoms with Crippen LogP contribution in [-0.4, -0.2) is 15.5 Å². The van der Waals surface area contributed by atoms with E-state index in [2.05, 4.69) is 10.3 Å². The number of hydrogen-bond acceptors (Lipinski definition) is 2. The van der Waals surface area contributed by atoms with Crippen LogP contribution >= 0.6 is 0 Å². The maximum Gasteiger partial charge on any atom is 0.220 e. The fraction of sp³-hybridized carbons (Fsp3) is 0.412. The van der Waals surface area contributed by atoms with Crippen LogP contribution in [0.25, 0.3) is 5.69 Å². The SMILES string of the molecule is O=C(CC1CCCC1)NCc1ccc(-n2ccnc2)c(F)c1. The fourth-order valence-electron chi connectivity index (χ4n) is 3.02. The van der Waals surface area contributed by atoms with Gasteiger partial charge in [-0.3, -0.25) is 4.79 Å². The molecule has 1 saturated carbocycles. The Bertz CT molecular complexity index is 633. The second-order valence-electron chi connectivity index (χ2n) is 5.89. The molecule has 1 aromatic carbocycles. The number of amides is 1. The van der Waals surface area contributed by atoms with Crippen molar-refractivity contribution in [3.8, 4) is 5.69 Å². The Balaban J connectivity index is 1.56. The maximum atomic E-state index is 14.1. The monoisotopic (exact) mass is 301 g/mol. The minimum absolute atomic E-state index is 0.0611. The van der Waals surface area contributed by atoms with Crippen molar-refractivity contribution < 1.29 is 9.18 Å². The number of imidazole rings is 1. The molecule has 0 spiro atoms. The quantitative estimate of drug-likeness (QED) is 0.922. The Hall–Kier alpha value is -2.17. The lowest BCUT2D eigenvalue weighted by atomic mass is 10.0. The third kappa shape index (κ3) is 3.53. The fourth-order valence-corrected chi connectivity index (χ4v) is 3.02. The highest BCUT2D eigenvalue weighted by Gasteiger charge is 2.18. The maximum absolute atomic E-state index is 14.1. The highest BCUT2D eigenvalue weighted by Crippen LogP contribution is 2.27. The van der Waals surface area contributed by atoms with Crippen molar-refractivity contribution in [3.05, 3.63) is 48.3 Å². The summed E-state index contributed by atoms with van der Waals surface area (Å²) in [6.07, 6.45) is 10.2. The van der Waals surface area contributed by atoms with Crippen LogP contribution in [0.5, 0.6) is 0 Å². The molecular weight excluding hydrogens is 281 g/mol. The van der Waals surface area contributed by atoms with E-state index in [1.807, 2.05) is 6.07 Å². The summed E-state index contributed by atoms with van der Waals surface area (Å²) in [6, 6.07) is 4.99. The number of rotatable bonds is 5. The Morgan fingerprint density at radius 3 is 2.86 bits per heavy atom. The van der Waals surface area contributed by atoms with Crippen LogP contribution in [0, 0.1) is 11.7 Å². The molecule has 0 unspecified atom stereocenters. The Labute approximate surface area is 129 Å². The van der Waals surface area contributed by atoms with Crippen molar-refractivity contribution in [2.75, 3.05) is 0 Å². The number of nitrogens with zero attached hydrogens (tertiary/aromatic N) is 2. The Kier molecular flexibility index (Phi) is 4.51. The van der Waals surface area contributed by atoms with Gasteiger partial charge >= 0.3 is 0 Å². The molecule has 2 aromatic rings. The number of carbonyl (C=O) groups excluding carboxylic acids is 1. The van der Waals surface area contributed by atoms with Crippen molar-refractivity contribution in [3.63, 3.8) is 0 Å². The van der Waals surface area contributed by atoms with Crippen LogP contribution in [0.4, 0.5) is 4.39 Å². The summed E-state index contributed by atoms with van der Waals surface area (Å²) in [4.78, 5) is 15.8. The summed E-state index contributed by atoms with van der Waals surface area (Å²) in [5.41, 5.74) is 1.22. The van der Waals surface area contributed by atoms with Gasteiger partial charge in [-0.25, -0.2) is 9.37 Å². The minimum Gasteiger partial charge on any atom is -0.352 e. The molecule has 0 bridgehead atoms. The van der Waals surface area contributed by atoms with Gasteiger partial charge in [0, 0.05) is 25.4 Å². The summed E-state index contributed by atoms with van der Waals surface area (Å²) in [6.45, 7) is 0.368. The molecule has 4 nitrogen and oxygen atoms in total. The number of halogens is 1. The molecule has 0 aliphatic heterocycles. The van der Waals surface area contributed by atoms with Gasteiger partial charge in [0.25, 0.3) is 0 Å². The number of benzene rings is 1. The smallest absolute Gasteiger partial charge is 0.220 e. The molecule has 1 amide bonds. The zero-order valence-corrected chi connectivity index (χ0v) is 12.5. The van der Waals surface area contributed by atoms with Gasteiger partial charge in [0.1, 0.15) is 5.82 Å². The third-order valence-corrected chi connectivity index (χ3v) is 4.23. The predicted molar refractivity (Wildman–Crippen MR) is 81.9 cm³/mol. The van der Waals surface area contributed by atoms with Crippen LogP contribution in [0.3, 0.4) is 0 Å². The van der Waals surface area contributed by atoms with Gasteiger partial charge in [-0.2, -0.15) is 0 Å². The van der Waals surface area contributed by atoms with Gasteiger partial charge in [0.05, 0.1) is 12.0 Å². The zero-order valence-electron chi connectivity index (χ0n) is 12.5. The van der Waals surface area contributed by atoms with Crippen LogP contribution in [0.1, 0.15) is 37.7 Å². The van der Waals surface area contributed by atoms with Gasteiger partial charge < -0.3 is 9.88 Å². The van der Waals surface area contributed by atoms with Crippen LogP contribution in [0.2, 0.25) is 0 Å². The van der Waals surface area contributed by atoms with E-state index in [4.69, 9.17) is 0 Å². The molecule has 1 aromatic heterocycles. The molecular formula is C17H20FN3O. The number of hydrogen-bond donors (Lipinski definition) is 1. The topological polar surface area (TPSA) is 46.9 Å². The summed E-state index contributed by atoms with van der Waals surface area (Å²) >= 11 is 0. The lowest BCUT2D eigenvalue weighted by Gasteiger charge is -2.10. The van der Waals surface area contributed by atoms with E-state index >= 15 is 0 Å². The van der Waals surface area contributed by atoms with Crippen LogP contribution in [0.15, 0.2) is 36.9 Å². The van der Waals surface area contributed by atoms with E-state index in [1.165, 1.54) is 18.9 Å². The zero-order chi connectivity index (χ0) is 15.4. The largest absolute Gasteiger partial charge is 0.352 e. The van der Waals surface area contributed by atoms with Gasteiger partial charge in [0.2, 0.25) is 5.91 Å². The number of aromatic nitrogens is 2. The summed E-state index contributed by atoms with van der Waals surface area (Å²) in [5, 5.41) is 2.88. The second-order valence-corrected chi connectivity index (χ2v) is 5.89. The lowest BCUT2D eigenvalue weighted by molar-refractivity contribution is -0.122. The first-order chi connectivity index (χ1) is 10.7. The molecule has 1 N–H and O–H groups in total. The molecule has 5 heteroatoms. The van der Waals surface area contributed by atoms with Gasteiger partial charge in [0.15, 0.2) is 0 Å². The van der Waals surface area contributed by atoms with Gasteiger partial charge in [-0.05, 0) is 36.5 Å². The number of carbonyl (C=O) groups is 1. The highest BCUT2D eigenvalue weighted by molar-refractivity contribution is 5.76. The molecule has 3 rings (SSSR count). The summed E-state index contributed by atoms with van der Waals surface area (Å²) in [7, 11) is 0. The van der Waals surface area contributed by atoms with Crippen molar-refractivity contribution in [2.24, 2.45) is 5.92 Å². The Morgan fingerprint density at radius 1 is 1.36 bits per heavy atom. The summed E-state index contributed by atoms with van der Waals surface area (Å²) in [5.74, 6) is 0.270. The molecule has 0 saturated heterocycles. The average molecular weight is 301 g/mol. The van der Waals surface area contributed by atoms with Crippen molar-refractivity contribution in [2.45, 2.75) is 38.6 Å². The second kappa shape index (κ2) is 6.73. The van der Waals surface area contributed by atoms with Crippen LogP contribution < -0.4 is 5.32 Å². The first kappa shape index (κ1) is 14.8. The van der Waals surface area contributed by atoms with E-state index < -0.39 is 0 Å². The lowest BCUT2D eigenvalue weighted by Crippen LogP contribution is -2.24. The molecule has 1 heterocycles. The highest BCUT2D eigenvalue weighted by atomic mass is 19.1. The predicted octanol–water partition coefficient (Wildman–Crippen LogP) is 3.21. The normalized spacial score (nSPS) is 15.1. The molecule has 0 radical (unpaired) electrons. The summed E-state index contributed by atoms with van der Waals surface area (Å²) < 4.78 is 15.7. The standard InChI is InChI=1S/C17H20FN3O/c18-15-9-14(5-6-16(15)21-8-7-19-12-21)11-20-17(22)10-13-3-1-2-4-13/h5-9,12-13H,1-4,10-11H2,(H,20,22). The third-order valence-electron chi connectivity index (χ3n) is 4.23. The molecule has 0 atom stereocenters. The van der Waals surface area contributed by atoms with E-state index in [9.17, 15) is 9.18 Å². The Morgan fingerprint density at radius 2 is 2.18 bits per heavy atom. The van der Waals surface area contributed by atoms with Crippen molar-refractivity contribution in [1.29, 1.82) is 0 Å². The van der Waals surface area contributed by atoms with E-state index in [0.717, 1.165) is 18.4 Å². The average Bonchev–Trinajstić information content (AvgIpc) is 3.18. The van der Waals surface area contributed by atoms with E-state index in [1.54, 1.807) is 29.4 Å². The number of nitrogens with one attached hydrogen (secondary N) is 1. The van der Waals surface area contributed by atoms with E-state index in [0.29, 0.717) is 24.6 Å². The first-order valence-electron chi connectivity index (χ1n) is 7.76. The molecule has 1 fully saturated rings. The minimum atomic E-state index is -0.319. The van der Waals surface area contributed by atoms with Crippen molar-refractivity contribution in [1.82, 2.24) is 14.9 Å². The van der Waals surface area contributed by atoms with Crippen LogP contribution in [-0.2, 0) is 11.3 Å². The van der Waals surface area contributed by atoms with Crippen molar-refractivity contribution >= 4 is 5.91 Å². The molecule has 22 heavy (non-hydrogen) atoms. The van der Waals surface area contributed by atoms with Gasteiger partial charge in [-0.15, -0.1) is 0 Å². The molecule has 1 aliphatic rings. The van der Waals surface area contributed by atoms with E-state index in [-0.39, 0.29) is 11.7 Å². The molecule has 116 valence electrons. The van der Waals surface area contributed by atoms with Gasteiger partial charge in [-0.1, -0.05) is 18.9 Å². The molecule has 1 aliphatic carbocycles. The first-order valence-corrected chi connectivity index (χ1v) is 7.76.